The third kappa shape index (κ3) is 5.04. The van der Waals surface area contributed by atoms with Crippen LogP contribution in [0.25, 0.3) is 0 Å². The molecule has 1 saturated heterocycles. The lowest BCUT2D eigenvalue weighted by molar-refractivity contribution is -0.0417. The highest BCUT2D eigenvalue weighted by Gasteiger charge is 2.59. The van der Waals surface area contributed by atoms with Crippen LogP contribution in [-0.4, -0.2) is 42.8 Å². The van der Waals surface area contributed by atoms with E-state index in [1.165, 1.54) is 87.7 Å². The molecule has 0 radical (unpaired) electrons. The Morgan fingerprint density at radius 3 is 2.68 bits per heavy atom. The van der Waals surface area contributed by atoms with E-state index in [2.05, 4.69) is 64.1 Å². The molecule has 1 aliphatic heterocycles. The Labute approximate surface area is 228 Å². The standard InChI is InChI=1S/C34H55N3/c1-8-37(18-15-28-20-24(3)21-36-28)25(4)22-35-26(5)30-11-12-31-29-10-9-27-19-23(2)13-16-33(27,6)32(29)14-17-34(30,31)7/h19,24,28-32,36H,2,4,8-18,20-22H2,1,3,5-7H3. The average molecular weight is 506 g/mol. The molecule has 0 amide bonds. The van der Waals surface area contributed by atoms with Crippen LogP contribution in [0.3, 0.4) is 0 Å². The quantitative estimate of drug-likeness (QED) is 0.341. The summed E-state index contributed by atoms with van der Waals surface area (Å²) in [4.78, 5) is 7.71. The number of likely N-dealkylation sites (N-methyl/N-ethyl adjacent to an activating group) is 1. The van der Waals surface area contributed by atoms with Crippen LogP contribution in [0.15, 0.2) is 41.1 Å². The fourth-order valence-corrected chi connectivity index (χ4v) is 9.85. The van der Waals surface area contributed by atoms with Crippen molar-refractivity contribution in [3.05, 3.63) is 36.1 Å². The lowest BCUT2D eigenvalue weighted by Gasteiger charge is -2.58. The third-order valence-electron chi connectivity index (χ3n) is 12.1. The predicted molar refractivity (Wildman–Crippen MR) is 159 cm³/mol. The minimum atomic E-state index is 0.431. The number of hydrogen-bond donors (Lipinski definition) is 1. The second kappa shape index (κ2) is 10.7. The molecule has 8 unspecified atom stereocenters. The fraction of sp³-hybridized carbons (Fsp3) is 0.794. The maximum atomic E-state index is 5.24. The van der Waals surface area contributed by atoms with E-state index in [4.69, 9.17) is 4.99 Å². The van der Waals surface area contributed by atoms with Crippen molar-refractivity contribution >= 4 is 5.71 Å². The van der Waals surface area contributed by atoms with Gasteiger partial charge in [0.1, 0.15) is 0 Å². The molecule has 0 aromatic rings. The summed E-state index contributed by atoms with van der Waals surface area (Å²) in [6, 6.07) is 0.675. The first-order valence-corrected chi connectivity index (χ1v) is 15.7. The molecule has 0 spiro atoms. The Morgan fingerprint density at radius 1 is 1.14 bits per heavy atom. The van der Waals surface area contributed by atoms with Crippen molar-refractivity contribution in [1.82, 2.24) is 10.2 Å². The highest BCUT2D eigenvalue weighted by molar-refractivity contribution is 5.85. The van der Waals surface area contributed by atoms with Crippen LogP contribution >= 0.6 is 0 Å². The molecule has 37 heavy (non-hydrogen) atoms. The van der Waals surface area contributed by atoms with E-state index < -0.39 is 0 Å². The van der Waals surface area contributed by atoms with Crippen molar-refractivity contribution in [3.8, 4) is 0 Å². The maximum absolute atomic E-state index is 5.24. The van der Waals surface area contributed by atoms with Gasteiger partial charge in [0.2, 0.25) is 0 Å². The van der Waals surface area contributed by atoms with Crippen LogP contribution in [-0.2, 0) is 0 Å². The molecule has 206 valence electrons. The van der Waals surface area contributed by atoms with Gasteiger partial charge in [-0.2, -0.15) is 0 Å². The summed E-state index contributed by atoms with van der Waals surface area (Å²) in [7, 11) is 0. The van der Waals surface area contributed by atoms with Gasteiger partial charge in [-0.1, -0.05) is 51.2 Å². The van der Waals surface area contributed by atoms with Gasteiger partial charge in [-0.15, -0.1) is 0 Å². The second-order valence-corrected chi connectivity index (χ2v) is 14.2. The van der Waals surface area contributed by atoms with E-state index in [1.807, 2.05) is 0 Å². The van der Waals surface area contributed by atoms with Crippen molar-refractivity contribution in [2.24, 2.45) is 45.4 Å². The topological polar surface area (TPSA) is 27.6 Å². The molecule has 0 aromatic carbocycles. The van der Waals surface area contributed by atoms with E-state index in [9.17, 15) is 0 Å². The number of rotatable bonds is 8. The van der Waals surface area contributed by atoms with Gasteiger partial charge in [-0.05, 0) is 119 Å². The average Bonchev–Trinajstić information content (AvgIpc) is 3.45. The summed E-state index contributed by atoms with van der Waals surface area (Å²) in [6.07, 6.45) is 15.8. The molecule has 1 N–H and O–H groups in total. The van der Waals surface area contributed by atoms with Crippen molar-refractivity contribution in [2.75, 3.05) is 26.2 Å². The van der Waals surface area contributed by atoms with Gasteiger partial charge in [0.15, 0.2) is 0 Å². The molecular weight excluding hydrogens is 450 g/mol. The molecule has 1 heterocycles. The molecule has 0 bridgehead atoms. The number of nitrogens with zero attached hydrogens (tertiary/aromatic N) is 2. The fourth-order valence-electron chi connectivity index (χ4n) is 9.85. The van der Waals surface area contributed by atoms with Crippen LogP contribution in [0.5, 0.6) is 0 Å². The summed E-state index contributed by atoms with van der Waals surface area (Å²) >= 11 is 0. The number of nitrogens with one attached hydrogen (secondary N) is 1. The summed E-state index contributed by atoms with van der Waals surface area (Å²) in [5.74, 6) is 4.13. The lowest BCUT2D eigenvalue weighted by atomic mass is 9.46. The first kappa shape index (κ1) is 27.2. The molecule has 8 atom stereocenters. The van der Waals surface area contributed by atoms with Gasteiger partial charge in [0.05, 0.1) is 6.54 Å². The molecule has 0 aromatic heterocycles. The minimum absolute atomic E-state index is 0.431. The summed E-state index contributed by atoms with van der Waals surface area (Å²) in [5, 5.41) is 3.69. The molecule has 5 rings (SSSR count). The van der Waals surface area contributed by atoms with Crippen molar-refractivity contribution < 1.29 is 0 Å². The maximum Gasteiger partial charge on any atom is 0.0781 e. The smallest absolute Gasteiger partial charge is 0.0781 e. The van der Waals surface area contributed by atoms with Gasteiger partial charge in [0.25, 0.3) is 0 Å². The Hall–Kier alpha value is -1.35. The normalized spacial score (nSPS) is 41.6. The van der Waals surface area contributed by atoms with Crippen LogP contribution in [0.4, 0.5) is 0 Å². The monoisotopic (exact) mass is 505 g/mol. The minimum Gasteiger partial charge on any atom is -0.374 e. The van der Waals surface area contributed by atoms with Crippen LogP contribution in [0.1, 0.15) is 98.8 Å². The number of aliphatic imine (C=N–C) groups is 1. The Kier molecular flexibility index (Phi) is 7.85. The number of hydrogen-bond acceptors (Lipinski definition) is 3. The van der Waals surface area contributed by atoms with Gasteiger partial charge in [-0.25, -0.2) is 0 Å². The van der Waals surface area contributed by atoms with Gasteiger partial charge >= 0.3 is 0 Å². The Morgan fingerprint density at radius 2 is 1.95 bits per heavy atom. The van der Waals surface area contributed by atoms with Crippen molar-refractivity contribution in [1.29, 1.82) is 0 Å². The molecule has 3 saturated carbocycles. The van der Waals surface area contributed by atoms with E-state index in [0.717, 1.165) is 43.3 Å². The zero-order valence-corrected chi connectivity index (χ0v) is 24.7. The summed E-state index contributed by atoms with van der Waals surface area (Å²) in [5.41, 5.74) is 6.57. The highest BCUT2D eigenvalue weighted by Crippen LogP contribution is 2.67. The second-order valence-electron chi connectivity index (χ2n) is 14.2. The van der Waals surface area contributed by atoms with Crippen molar-refractivity contribution in [2.45, 2.75) is 105 Å². The van der Waals surface area contributed by atoms with Crippen LogP contribution in [0, 0.1) is 40.4 Å². The highest BCUT2D eigenvalue weighted by atomic mass is 15.1. The molecule has 3 nitrogen and oxygen atoms in total. The molecule has 4 fully saturated rings. The van der Waals surface area contributed by atoms with Crippen LogP contribution < -0.4 is 5.32 Å². The zero-order chi connectivity index (χ0) is 26.4. The van der Waals surface area contributed by atoms with Crippen molar-refractivity contribution in [3.63, 3.8) is 0 Å². The molecule has 4 aliphatic carbocycles. The molecule has 5 aliphatic rings. The Balaban J connectivity index is 1.21. The molecule has 3 heteroatoms. The zero-order valence-electron chi connectivity index (χ0n) is 24.7. The van der Waals surface area contributed by atoms with Gasteiger partial charge in [0, 0.05) is 36.5 Å². The number of fused-ring (bicyclic) bond motifs is 5. The predicted octanol–water partition coefficient (Wildman–Crippen LogP) is 7.81. The largest absolute Gasteiger partial charge is 0.374 e. The van der Waals surface area contributed by atoms with E-state index in [1.54, 1.807) is 5.57 Å². The van der Waals surface area contributed by atoms with E-state index in [-0.39, 0.29) is 0 Å². The van der Waals surface area contributed by atoms with E-state index in [0.29, 0.717) is 22.8 Å². The molecular formula is C34H55N3. The third-order valence-corrected chi connectivity index (χ3v) is 12.1. The van der Waals surface area contributed by atoms with Gasteiger partial charge < -0.3 is 10.2 Å². The first-order chi connectivity index (χ1) is 17.7. The van der Waals surface area contributed by atoms with Gasteiger partial charge in [-0.3, -0.25) is 4.99 Å². The summed E-state index contributed by atoms with van der Waals surface area (Å²) in [6.45, 7) is 25.1. The van der Waals surface area contributed by atoms with Crippen LogP contribution in [0.2, 0.25) is 0 Å². The first-order valence-electron chi connectivity index (χ1n) is 15.7. The number of allylic oxidation sites excluding steroid dienone is 3. The SMILES string of the molecule is C=C1C=C2CCC3C(CCC4(C)C(C(C)=NCC(=C)N(CC)CCC5CC(C)CN5)CCC34)C2(C)CC1. The summed E-state index contributed by atoms with van der Waals surface area (Å²) < 4.78 is 0. The Bertz CT molecular complexity index is 945. The lowest BCUT2D eigenvalue weighted by Crippen LogP contribution is -2.50. The van der Waals surface area contributed by atoms with E-state index >= 15 is 0 Å².